The fraction of sp³-hybridized carbons (Fsp3) is 0.167. The van der Waals surface area contributed by atoms with Crippen molar-refractivity contribution >= 4 is 12.0 Å². The molecule has 0 radical (unpaired) electrons. The van der Waals surface area contributed by atoms with Gasteiger partial charge in [-0.1, -0.05) is 18.2 Å². The first-order valence-corrected chi connectivity index (χ1v) is 4.74. The maximum Gasteiger partial charge on any atom is 0.126 e. The van der Waals surface area contributed by atoms with Gasteiger partial charge in [-0.25, -0.2) is 0 Å². The third kappa shape index (κ3) is 2.85. The second-order valence-electron chi connectivity index (χ2n) is 2.93. The Kier molecular flexibility index (Phi) is 4.10. The molecule has 4 heteroatoms. The van der Waals surface area contributed by atoms with Gasteiger partial charge in [0.15, 0.2) is 0 Å². The SMILES string of the molecule is CCOc1ccccc1/C=C(\C#N)C(=O)[O-]. The van der Waals surface area contributed by atoms with E-state index in [4.69, 9.17) is 10.00 Å². The van der Waals surface area contributed by atoms with Gasteiger partial charge in [-0.3, -0.25) is 0 Å². The molecule has 0 aromatic heterocycles. The minimum atomic E-state index is -1.49. The molecule has 0 fully saturated rings. The Morgan fingerprint density at radius 2 is 2.25 bits per heavy atom. The predicted molar refractivity (Wildman–Crippen MR) is 56.2 cm³/mol. The molecular weight excluding hydrogens is 206 g/mol. The summed E-state index contributed by atoms with van der Waals surface area (Å²) < 4.78 is 5.29. The van der Waals surface area contributed by atoms with Crippen LogP contribution in [0.5, 0.6) is 5.75 Å². The molecule has 1 rings (SSSR count). The number of aliphatic carboxylic acids is 1. The van der Waals surface area contributed by atoms with Gasteiger partial charge in [-0.2, -0.15) is 5.26 Å². The van der Waals surface area contributed by atoms with Gasteiger partial charge < -0.3 is 14.6 Å². The van der Waals surface area contributed by atoms with E-state index in [0.29, 0.717) is 17.9 Å². The van der Waals surface area contributed by atoms with Crippen LogP contribution >= 0.6 is 0 Å². The van der Waals surface area contributed by atoms with Crippen molar-refractivity contribution in [2.75, 3.05) is 6.61 Å². The van der Waals surface area contributed by atoms with Crippen LogP contribution in [0, 0.1) is 11.3 Å². The molecule has 0 saturated carbocycles. The maximum absolute atomic E-state index is 10.6. The highest BCUT2D eigenvalue weighted by molar-refractivity contribution is 5.95. The van der Waals surface area contributed by atoms with Gasteiger partial charge in [-0.05, 0) is 19.1 Å². The number of benzene rings is 1. The van der Waals surface area contributed by atoms with Crippen molar-refractivity contribution in [1.29, 1.82) is 5.26 Å². The Balaban J connectivity index is 3.13. The van der Waals surface area contributed by atoms with E-state index in [0.717, 1.165) is 0 Å². The lowest BCUT2D eigenvalue weighted by atomic mass is 10.1. The topological polar surface area (TPSA) is 73.1 Å². The van der Waals surface area contributed by atoms with Crippen molar-refractivity contribution in [3.63, 3.8) is 0 Å². The highest BCUT2D eigenvalue weighted by Crippen LogP contribution is 2.20. The summed E-state index contributed by atoms with van der Waals surface area (Å²) in [5, 5.41) is 19.2. The van der Waals surface area contributed by atoms with Crippen LogP contribution in [0.15, 0.2) is 29.8 Å². The Bertz CT molecular complexity index is 458. The number of ether oxygens (including phenoxy) is 1. The highest BCUT2D eigenvalue weighted by Gasteiger charge is 2.02. The van der Waals surface area contributed by atoms with Crippen molar-refractivity contribution in [1.82, 2.24) is 0 Å². The summed E-state index contributed by atoms with van der Waals surface area (Å²) in [6, 6.07) is 8.45. The van der Waals surface area contributed by atoms with Crippen molar-refractivity contribution in [2.24, 2.45) is 0 Å². The lowest BCUT2D eigenvalue weighted by molar-refractivity contribution is -0.298. The van der Waals surface area contributed by atoms with Crippen molar-refractivity contribution in [3.8, 4) is 11.8 Å². The first-order valence-electron chi connectivity index (χ1n) is 4.74. The van der Waals surface area contributed by atoms with Crippen LogP contribution in [0.25, 0.3) is 6.08 Å². The van der Waals surface area contributed by atoms with Crippen LogP contribution in [0.4, 0.5) is 0 Å². The molecule has 0 saturated heterocycles. The van der Waals surface area contributed by atoms with E-state index in [1.807, 2.05) is 6.92 Å². The van der Waals surface area contributed by atoms with Gasteiger partial charge in [0.1, 0.15) is 11.8 Å². The van der Waals surface area contributed by atoms with E-state index in [-0.39, 0.29) is 0 Å². The van der Waals surface area contributed by atoms with Crippen molar-refractivity contribution in [3.05, 3.63) is 35.4 Å². The third-order valence-electron chi connectivity index (χ3n) is 1.86. The van der Waals surface area contributed by atoms with Crippen LogP contribution in [-0.2, 0) is 4.79 Å². The molecular formula is C12H10NO3-. The zero-order valence-corrected chi connectivity index (χ0v) is 8.77. The molecule has 0 heterocycles. The fourth-order valence-electron chi connectivity index (χ4n) is 1.18. The number of carbonyl (C=O) groups excluding carboxylic acids is 1. The number of rotatable bonds is 4. The Morgan fingerprint density at radius 1 is 1.56 bits per heavy atom. The summed E-state index contributed by atoms with van der Waals surface area (Å²) in [5.41, 5.74) is 0.122. The first kappa shape index (κ1) is 11.8. The largest absolute Gasteiger partial charge is 0.544 e. The number of carbonyl (C=O) groups is 1. The van der Waals surface area contributed by atoms with Gasteiger partial charge in [0, 0.05) is 5.56 Å². The van der Waals surface area contributed by atoms with E-state index in [9.17, 15) is 9.90 Å². The minimum Gasteiger partial charge on any atom is -0.544 e. The number of hydrogen-bond donors (Lipinski definition) is 0. The normalized spacial score (nSPS) is 10.6. The van der Waals surface area contributed by atoms with E-state index >= 15 is 0 Å². The van der Waals surface area contributed by atoms with E-state index < -0.39 is 11.5 Å². The molecule has 82 valence electrons. The van der Waals surface area contributed by atoms with Crippen LogP contribution in [0.1, 0.15) is 12.5 Å². The molecule has 0 spiro atoms. The lowest BCUT2D eigenvalue weighted by Crippen LogP contribution is -2.23. The number of carboxylic acids is 1. The summed E-state index contributed by atoms with van der Waals surface area (Å²) >= 11 is 0. The highest BCUT2D eigenvalue weighted by atomic mass is 16.5. The number of hydrogen-bond acceptors (Lipinski definition) is 4. The molecule has 0 aliphatic rings. The molecule has 0 amide bonds. The van der Waals surface area contributed by atoms with Crippen molar-refractivity contribution < 1.29 is 14.6 Å². The molecule has 1 aromatic carbocycles. The van der Waals surface area contributed by atoms with Crippen LogP contribution in [-0.4, -0.2) is 12.6 Å². The third-order valence-corrected chi connectivity index (χ3v) is 1.86. The number of para-hydroxylation sites is 1. The monoisotopic (exact) mass is 216 g/mol. The molecule has 0 N–H and O–H groups in total. The second-order valence-corrected chi connectivity index (χ2v) is 2.93. The van der Waals surface area contributed by atoms with E-state index in [1.54, 1.807) is 30.3 Å². The fourth-order valence-corrected chi connectivity index (χ4v) is 1.18. The smallest absolute Gasteiger partial charge is 0.126 e. The molecule has 0 aliphatic carbocycles. The van der Waals surface area contributed by atoms with Crippen LogP contribution < -0.4 is 9.84 Å². The van der Waals surface area contributed by atoms with Gasteiger partial charge in [0.2, 0.25) is 0 Å². The number of nitriles is 1. The Hall–Kier alpha value is -2.28. The average Bonchev–Trinajstić information content (AvgIpc) is 2.27. The molecule has 0 bridgehead atoms. The molecule has 0 atom stereocenters. The van der Waals surface area contributed by atoms with Gasteiger partial charge >= 0.3 is 0 Å². The van der Waals surface area contributed by atoms with Crippen LogP contribution in [0.2, 0.25) is 0 Å². The summed E-state index contributed by atoms with van der Waals surface area (Å²) in [6.07, 6.45) is 1.24. The molecule has 1 aromatic rings. The summed E-state index contributed by atoms with van der Waals surface area (Å²) in [7, 11) is 0. The quantitative estimate of drug-likeness (QED) is 0.549. The first-order chi connectivity index (χ1) is 7.69. The van der Waals surface area contributed by atoms with E-state index in [1.165, 1.54) is 6.08 Å². The second kappa shape index (κ2) is 5.56. The van der Waals surface area contributed by atoms with Crippen LogP contribution in [0.3, 0.4) is 0 Å². The van der Waals surface area contributed by atoms with Crippen molar-refractivity contribution in [2.45, 2.75) is 6.92 Å². The van der Waals surface area contributed by atoms with E-state index in [2.05, 4.69) is 0 Å². The Labute approximate surface area is 93.4 Å². The average molecular weight is 216 g/mol. The predicted octanol–water partition coefficient (Wildman–Crippen LogP) is 0.742. The minimum absolute atomic E-state index is 0.424. The van der Waals surface area contributed by atoms with Gasteiger partial charge in [-0.15, -0.1) is 0 Å². The Morgan fingerprint density at radius 3 is 2.81 bits per heavy atom. The molecule has 16 heavy (non-hydrogen) atoms. The zero-order chi connectivity index (χ0) is 12.0. The van der Waals surface area contributed by atoms with Gasteiger partial charge in [0.25, 0.3) is 0 Å². The maximum atomic E-state index is 10.6. The lowest BCUT2D eigenvalue weighted by Gasteiger charge is -2.07. The molecule has 0 aliphatic heterocycles. The standard InChI is InChI=1S/C12H11NO3/c1-2-16-11-6-4-3-5-9(11)7-10(8-13)12(14)15/h3-7H,2H2,1H3,(H,14,15)/p-1/b10-7+. The summed E-state index contributed by atoms with van der Waals surface area (Å²) in [6.45, 7) is 2.29. The molecule has 4 nitrogen and oxygen atoms in total. The summed E-state index contributed by atoms with van der Waals surface area (Å²) in [4.78, 5) is 10.6. The molecule has 0 unspecified atom stereocenters. The summed E-state index contributed by atoms with van der Waals surface area (Å²) in [5.74, 6) is -0.951. The zero-order valence-electron chi connectivity index (χ0n) is 8.77. The number of nitrogens with zero attached hydrogens (tertiary/aromatic N) is 1. The van der Waals surface area contributed by atoms with Gasteiger partial charge in [0.05, 0.1) is 18.1 Å². The number of carboxylic acid groups (broad SMARTS) is 1.